The van der Waals surface area contributed by atoms with Crippen LogP contribution in [-0.4, -0.2) is 91.9 Å². The van der Waals surface area contributed by atoms with Gasteiger partial charge in [0, 0.05) is 39.5 Å². The molecule has 2 aromatic rings. The van der Waals surface area contributed by atoms with E-state index in [0.717, 1.165) is 50.6 Å². The number of carboxylic acids is 3. The third kappa shape index (κ3) is 9.32. The van der Waals surface area contributed by atoms with Crippen molar-refractivity contribution in [2.45, 2.75) is 50.5 Å². The van der Waals surface area contributed by atoms with E-state index in [2.05, 4.69) is 20.5 Å². The summed E-state index contributed by atoms with van der Waals surface area (Å²) in [6.07, 6.45) is 4.08. The average Bonchev–Trinajstić information content (AvgIpc) is 3.50. The van der Waals surface area contributed by atoms with Crippen molar-refractivity contribution in [1.29, 1.82) is 0 Å². The Hall–Kier alpha value is -3.68. The van der Waals surface area contributed by atoms with Gasteiger partial charge in [0.15, 0.2) is 17.1 Å². The highest BCUT2D eigenvalue weighted by molar-refractivity contribution is 5.88. The fraction of sp³-hybridized carbons (Fsp3) is 0.520. The van der Waals surface area contributed by atoms with Gasteiger partial charge in [0.05, 0.1) is 45.2 Å². The van der Waals surface area contributed by atoms with Gasteiger partial charge in [-0.25, -0.2) is 9.78 Å². The Balaban J connectivity index is 0.000000332. The first-order valence-electron chi connectivity index (χ1n) is 11.9. The fourth-order valence-corrected chi connectivity index (χ4v) is 3.98. The maximum Gasteiger partial charge on any atom is 0.336 e. The van der Waals surface area contributed by atoms with Crippen molar-refractivity contribution in [2.75, 3.05) is 27.4 Å². The van der Waals surface area contributed by atoms with Crippen molar-refractivity contribution in [2.24, 2.45) is 7.05 Å². The predicted octanol–water partition coefficient (Wildman–Crippen LogP) is 1.37. The van der Waals surface area contributed by atoms with Gasteiger partial charge in [-0.1, -0.05) is 6.07 Å². The maximum absolute atomic E-state index is 10.3. The number of aliphatic carboxylic acids is 3. The van der Waals surface area contributed by atoms with E-state index in [-0.39, 0.29) is 0 Å². The van der Waals surface area contributed by atoms with Crippen molar-refractivity contribution < 1.29 is 49.0 Å². The normalized spacial score (nSPS) is 15.0. The van der Waals surface area contributed by atoms with Crippen molar-refractivity contribution >= 4 is 17.9 Å². The summed E-state index contributed by atoms with van der Waals surface area (Å²) in [6.45, 7) is 3.45. The molecule has 0 radical (unpaired) electrons. The van der Waals surface area contributed by atoms with Crippen molar-refractivity contribution in [3.8, 4) is 11.5 Å². The molecule has 1 atom stereocenters. The Kier molecular flexibility index (Phi) is 11.5. The summed E-state index contributed by atoms with van der Waals surface area (Å²) in [4.78, 5) is 37.1. The number of aromatic nitrogens is 2. The first kappa shape index (κ1) is 30.5. The van der Waals surface area contributed by atoms with Crippen LogP contribution in [0.4, 0.5) is 0 Å². The molecule has 0 bridgehead atoms. The smallest absolute Gasteiger partial charge is 0.336 e. The summed E-state index contributed by atoms with van der Waals surface area (Å²) in [5.41, 5.74) is -0.353. The van der Waals surface area contributed by atoms with E-state index < -0.39 is 36.4 Å². The van der Waals surface area contributed by atoms with Gasteiger partial charge in [-0.3, -0.25) is 14.5 Å². The first-order valence-corrected chi connectivity index (χ1v) is 11.9. The second-order valence-electron chi connectivity index (χ2n) is 8.97. The lowest BCUT2D eigenvalue weighted by molar-refractivity contribution is -0.170. The molecule has 0 spiro atoms. The van der Waals surface area contributed by atoms with Crippen LogP contribution in [0.1, 0.15) is 36.9 Å². The summed E-state index contributed by atoms with van der Waals surface area (Å²) in [5.74, 6) is -3.50. The van der Waals surface area contributed by atoms with Crippen LogP contribution >= 0.6 is 0 Å². The molecule has 210 valence electrons. The van der Waals surface area contributed by atoms with E-state index in [1.165, 1.54) is 11.3 Å². The highest BCUT2D eigenvalue weighted by atomic mass is 16.5. The summed E-state index contributed by atoms with van der Waals surface area (Å²) < 4.78 is 18.7. The van der Waals surface area contributed by atoms with Crippen LogP contribution in [0.5, 0.6) is 11.5 Å². The molecular weight excluding hydrogens is 502 g/mol. The standard InChI is InChI=1S/C19H27N3O3.C6H8O7/c1-21-14-20-10-16(21)12-22(13-17-5-4-8-25-17)11-15-6-7-18(23-2)19(9-15)24-3;7-3(8)1-6(13,5(11)12)2-4(9)10/h6-7,9-10,14,17H,4-5,8,11-13H2,1-3H3;13H,1-2H2,(H,7,8)(H,9,10)(H,11,12). The Morgan fingerprint density at radius 3 is 2.24 bits per heavy atom. The van der Waals surface area contributed by atoms with Crippen LogP contribution in [0.15, 0.2) is 30.7 Å². The monoisotopic (exact) mass is 537 g/mol. The minimum atomic E-state index is -2.74. The molecule has 1 fully saturated rings. The molecular formula is C25H35N3O10. The Morgan fingerprint density at radius 1 is 1.11 bits per heavy atom. The summed E-state index contributed by atoms with van der Waals surface area (Å²) >= 11 is 0. The summed E-state index contributed by atoms with van der Waals surface area (Å²) in [5, 5.41) is 33.8. The number of carbonyl (C=O) groups is 3. The second-order valence-corrected chi connectivity index (χ2v) is 8.97. The number of carboxylic acid groups (broad SMARTS) is 3. The van der Waals surface area contributed by atoms with Crippen LogP contribution < -0.4 is 9.47 Å². The van der Waals surface area contributed by atoms with E-state index >= 15 is 0 Å². The number of rotatable bonds is 13. The molecule has 2 heterocycles. The van der Waals surface area contributed by atoms with Crippen molar-refractivity contribution in [1.82, 2.24) is 14.5 Å². The van der Waals surface area contributed by atoms with E-state index in [4.69, 9.17) is 34.6 Å². The topological polar surface area (TPSA) is 181 Å². The van der Waals surface area contributed by atoms with Crippen LogP contribution in [-0.2, 0) is 39.3 Å². The van der Waals surface area contributed by atoms with E-state index in [1.807, 2.05) is 31.7 Å². The van der Waals surface area contributed by atoms with Gasteiger partial charge in [0.25, 0.3) is 0 Å². The van der Waals surface area contributed by atoms with Gasteiger partial charge < -0.3 is 39.2 Å². The van der Waals surface area contributed by atoms with Crippen molar-refractivity contribution in [3.05, 3.63) is 42.0 Å². The van der Waals surface area contributed by atoms with Gasteiger partial charge in [0.2, 0.25) is 0 Å². The van der Waals surface area contributed by atoms with E-state index in [1.54, 1.807) is 14.2 Å². The van der Waals surface area contributed by atoms with E-state index in [0.29, 0.717) is 6.10 Å². The lowest BCUT2D eigenvalue weighted by Crippen LogP contribution is -2.42. The lowest BCUT2D eigenvalue weighted by atomic mass is 9.96. The predicted molar refractivity (Wildman–Crippen MR) is 133 cm³/mol. The number of aliphatic hydroxyl groups is 1. The molecule has 13 nitrogen and oxygen atoms in total. The molecule has 1 aliphatic heterocycles. The van der Waals surface area contributed by atoms with Gasteiger partial charge in [0.1, 0.15) is 0 Å². The molecule has 1 aromatic heterocycles. The third-order valence-electron chi connectivity index (χ3n) is 5.93. The fourth-order valence-electron chi connectivity index (χ4n) is 3.98. The Bertz CT molecular complexity index is 1070. The number of hydrogen-bond donors (Lipinski definition) is 4. The molecule has 1 unspecified atom stereocenters. The zero-order valence-corrected chi connectivity index (χ0v) is 21.7. The highest BCUT2D eigenvalue weighted by Crippen LogP contribution is 2.28. The first-order chi connectivity index (χ1) is 18.0. The number of hydrogen-bond acceptors (Lipinski definition) is 9. The molecule has 38 heavy (non-hydrogen) atoms. The number of nitrogens with zero attached hydrogens (tertiary/aromatic N) is 3. The quantitative estimate of drug-likeness (QED) is 0.288. The molecule has 1 saturated heterocycles. The highest BCUT2D eigenvalue weighted by Gasteiger charge is 2.40. The van der Waals surface area contributed by atoms with Crippen LogP contribution in [0.3, 0.4) is 0 Å². The number of methoxy groups -OCH3 is 2. The summed E-state index contributed by atoms with van der Waals surface area (Å²) in [6, 6.07) is 6.10. The largest absolute Gasteiger partial charge is 0.493 e. The minimum absolute atomic E-state index is 0.313. The SMILES string of the molecule is COc1ccc(CN(Cc2cncn2C)CC2CCCO2)cc1OC.O=C(O)CC(O)(CC(=O)O)C(=O)O. The molecule has 1 aromatic carbocycles. The molecule has 0 amide bonds. The van der Waals surface area contributed by atoms with Gasteiger partial charge in [-0.2, -0.15) is 0 Å². The minimum Gasteiger partial charge on any atom is -0.493 e. The van der Waals surface area contributed by atoms with Gasteiger partial charge in [-0.15, -0.1) is 0 Å². The second kappa shape index (κ2) is 14.3. The Labute approximate surface area is 220 Å². The number of imidazole rings is 1. The molecule has 0 aliphatic carbocycles. The molecule has 3 rings (SSSR count). The Morgan fingerprint density at radius 2 is 1.76 bits per heavy atom. The maximum atomic E-state index is 10.3. The van der Waals surface area contributed by atoms with Crippen LogP contribution in [0.25, 0.3) is 0 Å². The number of aryl methyl sites for hydroxylation is 1. The molecule has 1 aliphatic rings. The summed E-state index contributed by atoms with van der Waals surface area (Å²) in [7, 11) is 5.36. The lowest BCUT2D eigenvalue weighted by Gasteiger charge is -2.25. The van der Waals surface area contributed by atoms with Crippen LogP contribution in [0.2, 0.25) is 0 Å². The van der Waals surface area contributed by atoms with Gasteiger partial charge >= 0.3 is 17.9 Å². The zero-order chi connectivity index (χ0) is 28.3. The molecule has 13 heteroatoms. The van der Waals surface area contributed by atoms with Crippen LogP contribution in [0, 0.1) is 0 Å². The molecule has 4 N–H and O–H groups in total. The number of benzene rings is 1. The third-order valence-corrected chi connectivity index (χ3v) is 5.93. The number of ether oxygens (including phenoxy) is 3. The zero-order valence-electron chi connectivity index (χ0n) is 21.7. The average molecular weight is 538 g/mol. The van der Waals surface area contributed by atoms with E-state index in [9.17, 15) is 14.4 Å². The van der Waals surface area contributed by atoms with Crippen molar-refractivity contribution in [3.63, 3.8) is 0 Å². The molecule has 0 saturated carbocycles. The van der Waals surface area contributed by atoms with Gasteiger partial charge in [-0.05, 0) is 30.5 Å².